The summed E-state index contributed by atoms with van der Waals surface area (Å²) in [5, 5.41) is 8.46. The van der Waals surface area contributed by atoms with E-state index >= 15 is 0 Å². The molecule has 3 aromatic rings. The maximum atomic E-state index is 13.5. The Kier molecular flexibility index (Phi) is 9.81. The standard InChI is InChI=1S/C31H33F3N6O3/c1-30(35,39-36)38-28(41)25-11-7-22(8-12-25)20-40(26-15-13-24(14-16-26)23-5-3-2-4-6-23)29(42)37-19-21-9-17-27(18-10-21)43-31(32,33)34/h5,7-18,36H,2-4,6,19-20,35H2,1H3,(H,37,42)(H,38,41). The van der Waals surface area contributed by atoms with Gasteiger partial charge in [-0.3, -0.25) is 15.4 Å². The molecule has 0 bridgehead atoms. The minimum Gasteiger partial charge on any atom is -0.406 e. The Labute approximate surface area is 247 Å². The lowest BCUT2D eigenvalue weighted by Crippen LogP contribution is -2.51. The van der Waals surface area contributed by atoms with E-state index in [0.29, 0.717) is 16.8 Å². The second-order valence-corrected chi connectivity index (χ2v) is 10.4. The topological polar surface area (TPSA) is 133 Å². The van der Waals surface area contributed by atoms with Crippen molar-refractivity contribution in [3.05, 3.63) is 101 Å². The van der Waals surface area contributed by atoms with E-state index in [4.69, 9.17) is 11.3 Å². The first kappa shape index (κ1) is 31.2. The van der Waals surface area contributed by atoms with Crippen LogP contribution in [0.25, 0.3) is 5.57 Å². The number of rotatable bonds is 10. The number of hydrogen-bond acceptors (Lipinski definition) is 6. The summed E-state index contributed by atoms with van der Waals surface area (Å²) in [5.41, 5.74) is 17.5. The zero-order chi connectivity index (χ0) is 31.0. The molecule has 0 saturated heterocycles. The highest BCUT2D eigenvalue weighted by atomic mass is 19.4. The SMILES string of the molecule is CC(N)(N=N)NC(=O)c1ccc(CN(C(=O)NCc2ccc(OC(F)(F)F)cc2)c2ccc(C3=CCCCC3)cc2)cc1. The predicted molar refractivity (Wildman–Crippen MR) is 156 cm³/mol. The number of hydrogen-bond donors (Lipinski definition) is 4. The molecule has 1 aliphatic carbocycles. The molecule has 5 N–H and O–H groups in total. The Morgan fingerprint density at radius 3 is 2.21 bits per heavy atom. The van der Waals surface area contributed by atoms with Gasteiger partial charge in [-0.15, -0.1) is 13.2 Å². The number of carbonyl (C=O) groups is 2. The minimum atomic E-state index is -4.79. The summed E-state index contributed by atoms with van der Waals surface area (Å²) < 4.78 is 41.3. The van der Waals surface area contributed by atoms with Gasteiger partial charge in [0.05, 0.1) is 6.54 Å². The van der Waals surface area contributed by atoms with Crippen molar-refractivity contribution in [2.24, 2.45) is 10.8 Å². The van der Waals surface area contributed by atoms with Gasteiger partial charge in [-0.1, -0.05) is 42.5 Å². The first-order valence-corrected chi connectivity index (χ1v) is 13.7. The van der Waals surface area contributed by atoms with Crippen molar-refractivity contribution >= 4 is 23.2 Å². The van der Waals surface area contributed by atoms with Gasteiger partial charge in [0.2, 0.25) is 5.79 Å². The lowest BCUT2D eigenvalue weighted by Gasteiger charge is -2.24. The van der Waals surface area contributed by atoms with Crippen LogP contribution in [0.2, 0.25) is 0 Å². The highest BCUT2D eigenvalue weighted by Crippen LogP contribution is 2.29. The average Bonchev–Trinajstić information content (AvgIpc) is 2.99. The van der Waals surface area contributed by atoms with Crippen molar-refractivity contribution in [1.82, 2.24) is 10.6 Å². The number of anilines is 1. The van der Waals surface area contributed by atoms with Crippen molar-refractivity contribution in [2.75, 3.05) is 4.90 Å². The van der Waals surface area contributed by atoms with Crippen molar-refractivity contribution in [3.63, 3.8) is 0 Å². The van der Waals surface area contributed by atoms with Crippen LogP contribution in [0.15, 0.2) is 84.0 Å². The lowest BCUT2D eigenvalue weighted by atomic mass is 9.93. The van der Waals surface area contributed by atoms with Crippen molar-refractivity contribution in [2.45, 2.75) is 57.8 Å². The Balaban J connectivity index is 1.50. The number of allylic oxidation sites excluding steroid dienone is 2. The van der Waals surface area contributed by atoms with Gasteiger partial charge >= 0.3 is 12.4 Å². The quantitative estimate of drug-likeness (QED) is 0.151. The summed E-state index contributed by atoms with van der Waals surface area (Å²) in [6.07, 6.45) is 1.84. The molecule has 1 unspecified atom stereocenters. The second kappa shape index (κ2) is 13.5. The fourth-order valence-electron chi connectivity index (χ4n) is 4.59. The van der Waals surface area contributed by atoms with Gasteiger partial charge in [0.25, 0.3) is 5.91 Å². The molecule has 3 amide bonds. The number of benzene rings is 3. The number of nitrogens with zero attached hydrogens (tertiary/aromatic N) is 2. The molecule has 0 spiro atoms. The number of ether oxygens (including phenoxy) is 1. The molecule has 0 heterocycles. The van der Waals surface area contributed by atoms with Gasteiger partial charge in [-0.05, 0) is 91.3 Å². The third kappa shape index (κ3) is 9.14. The smallest absolute Gasteiger partial charge is 0.406 e. The van der Waals surface area contributed by atoms with E-state index in [-0.39, 0.29) is 18.8 Å². The van der Waals surface area contributed by atoms with E-state index in [9.17, 15) is 22.8 Å². The molecule has 226 valence electrons. The molecule has 4 rings (SSSR count). The Bertz CT molecular complexity index is 1450. The van der Waals surface area contributed by atoms with Crippen LogP contribution in [0.1, 0.15) is 59.7 Å². The van der Waals surface area contributed by atoms with Crippen LogP contribution in [0.3, 0.4) is 0 Å². The number of amides is 3. The van der Waals surface area contributed by atoms with Gasteiger partial charge in [0, 0.05) is 17.8 Å². The van der Waals surface area contributed by atoms with Gasteiger partial charge in [-0.2, -0.15) is 5.11 Å². The average molecular weight is 595 g/mol. The second-order valence-electron chi connectivity index (χ2n) is 10.4. The zero-order valence-corrected chi connectivity index (χ0v) is 23.6. The molecule has 1 atom stereocenters. The number of carbonyl (C=O) groups excluding carboxylic acids is 2. The molecule has 0 saturated carbocycles. The fourth-order valence-corrected chi connectivity index (χ4v) is 4.59. The molecular formula is C31H33F3N6O3. The van der Waals surface area contributed by atoms with E-state index in [2.05, 4.69) is 26.6 Å². The van der Waals surface area contributed by atoms with Crippen LogP contribution in [-0.4, -0.2) is 24.1 Å². The Morgan fingerprint density at radius 2 is 1.63 bits per heavy atom. The third-order valence-electron chi connectivity index (χ3n) is 6.84. The molecule has 3 aromatic carbocycles. The van der Waals surface area contributed by atoms with E-state index in [1.54, 1.807) is 29.2 Å². The van der Waals surface area contributed by atoms with Gasteiger partial charge in [-0.25, -0.2) is 10.3 Å². The summed E-state index contributed by atoms with van der Waals surface area (Å²) in [7, 11) is 0. The molecule has 0 radical (unpaired) electrons. The number of nitrogens with one attached hydrogen (secondary N) is 3. The van der Waals surface area contributed by atoms with Crippen LogP contribution in [0.5, 0.6) is 5.75 Å². The van der Waals surface area contributed by atoms with E-state index in [0.717, 1.165) is 30.4 Å². The van der Waals surface area contributed by atoms with E-state index < -0.39 is 24.1 Å². The molecule has 0 aliphatic heterocycles. The molecule has 9 nitrogen and oxygen atoms in total. The molecule has 0 fully saturated rings. The van der Waals surface area contributed by atoms with Gasteiger partial charge in [0.1, 0.15) is 5.75 Å². The van der Waals surface area contributed by atoms with Crippen LogP contribution in [0, 0.1) is 5.53 Å². The van der Waals surface area contributed by atoms with E-state index in [1.807, 2.05) is 24.3 Å². The molecule has 1 aliphatic rings. The van der Waals surface area contributed by atoms with Gasteiger partial charge in [0.15, 0.2) is 0 Å². The largest absolute Gasteiger partial charge is 0.573 e. The summed E-state index contributed by atoms with van der Waals surface area (Å²) in [6, 6.07) is 19.2. The molecular weight excluding hydrogens is 561 g/mol. The fraction of sp³-hybridized carbons (Fsp3) is 0.290. The van der Waals surface area contributed by atoms with Crippen molar-refractivity contribution < 1.29 is 27.5 Å². The number of halogens is 3. The first-order chi connectivity index (χ1) is 20.4. The predicted octanol–water partition coefficient (Wildman–Crippen LogP) is 6.85. The normalized spacial score (nSPS) is 14.6. The van der Waals surface area contributed by atoms with Crippen LogP contribution >= 0.6 is 0 Å². The van der Waals surface area contributed by atoms with Crippen molar-refractivity contribution in [1.29, 1.82) is 5.53 Å². The molecule has 0 aromatic heterocycles. The van der Waals surface area contributed by atoms with Crippen LogP contribution < -0.4 is 26.0 Å². The zero-order valence-electron chi connectivity index (χ0n) is 23.6. The summed E-state index contributed by atoms with van der Waals surface area (Å²) in [4.78, 5) is 27.5. The molecule has 43 heavy (non-hydrogen) atoms. The number of alkyl halides is 3. The first-order valence-electron chi connectivity index (χ1n) is 13.7. The minimum absolute atomic E-state index is 0.0740. The summed E-state index contributed by atoms with van der Waals surface area (Å²) in [6.45, 7) is 1.64. The molecule has 12 heteroatoms. The highest BCUT2D eigenvalue weighted by molar-refractivity contribution is 5.95. The number of urea groups is 1. The maximum Gasteiger partial charge on any atom is 0.573 e. The monoisotopic (exact) mass is 594 g/mol. The summed E-state index contributed by atoms with van der Waals surface area (Å²) in [5.74, 6) is -2.38. The Hall–Kier alpha value is -4.71. The van der Waals surface area contributed by atoms with E-state index in [1.165, 1.54) is 43.2 Å². The maximum absolute atomic E-state index is 13.5. The van der Waals surface area contributed by atoms with Crippen LogP contribution in [0.4, 0.5) is 23.7 Å². The van der Waals surface area contributed by atoms with Crippen molar-refractivity contribution in [3.8, 4) is 5.75 Å². The van der Waals surface area contributed by atoms with Gasteiger partial charge < -0.3 is 15.4 Å². The summed E-state index contributed by atoms with van der Waals surface area (Å²) >= 11 is 0. The Morgan fingerprint density at radius 1 is 0.977 bits per heavy atom. The lowest BCUT2D eigenvalue weighted by molar-refractivity contribution is -0.274. The number of nitrogens with two attached hydrogens (primary N) is 1. The van der Waals surface area contributed by atoms with Crippen LogP contribution in [-0.2, 0) is 13.1 Å². The third-order valence-corrected chi connectivity index (χ3v) is 6.84. The highest BCUT2D eigenvalue weighted by Gasteiger charge is 2.31.